The molecule has 0 aliphatic rings. The molecule has 0 saturated carbocycles. The second-order valence-electron chi connectivity index (χ2n) is 10.1. The van der Waals surface area contributed by atoms with Crippen molar-refractivity contribution >= 4 is 16.9 Å². The molecular formula is C33H27FN2O3. The van der Waals surface area contributed by atoms with Crippen LogP contribution in [0.1, 0.15) is 41.9 Å². The number of aromatic nitrogens is 1. The van der Waals surface area contributed by atoms with Crippen LogP contribution in [0.3, 0.4) is 0 Å². The molecule has 0 radical (unpaired) electrons. The Kier molecular flexibility index (Phi) is 6.91. The summed E-state index contributed by atoms with van der Waals surface area (Å²) in [5.41, 5.74) is 4.65. The Labute approximate surface area is 226 Å². The molecule has 6 heteroatoms. The first-order valence-electron chi connectivity index (χ1n) is 12.6. The Morgan fingerprint density at radius 1 is 0.949 bits per heavy atom. The summed E-state index contributed by atoms with van der Waals surface area (Å²) < 4.78 is 22.4. The van der Waals surface area contributed by atoms with Crippen molar-refractivity contribution in [1.82, 2.24) is 4.57 Å². The summed E-state index contributed by atoms with van der Waals surface area (Å²) in [6.07, 6.45) is 0.227. The highest BCUT2D eigenvalue weighted by molar-refractivity contribution is 6.04. The SMILES string of the molecule is CC(C)(CC#N)c1c(-c2ccc(C(=O)O)cc2)c2c(OCc3ccccc3)cccc2n1-c1ccc(F)cc1. The second kappa shape index (κ2) is 10.5. The first-order valence-corrected chi connectivity index (χ1v) is 12.6. The molecule has 5 aromatic rings. The van der Waals surface area contributed by atoms with Crippen LogP contribution in [0.2, 0.25) is 0 Å². The van der Waals surface area contributed by atoms with Gasteiger partial charge >= 0.3 is 5.97 Å². The lowest BCUT2D eigenvalue weighted by molar-refractivity contribution is 0.0697. The quantitative estimate of drug-likeness (QED) is 0.226. The van der Waals surface area contributed by atoms with E-state index in [0.717, 1.165) is 39.0 Å². The molecule has 0 amide bonds. The highest BCUT2D eigenvalue weighted by atomic mass is 19.1. The van der Waals surface area contributed by atoms with Crippen molar-refractivity contribution in [3.63, 3.8) is 0 Å². The number of nitriles is 1. The van der Waals surface area contributed by atoms with Gasteiger partial charge in [-0.15, -0.1) is 0 Å². The zero-order valence-corrected chi connectivity index (χ0v) is 21.7. The van der Waals surface area contributed by atoms with Gasteiger partial charge in [-0.25, -0.2) is 9.18 Å². The number of hydrogen-bond donors (Lipinski definition) is 1. The maximum atomic E-state index is 14.0. The van der Waals surface area contributed by atoms with Gasteiger partial charge in [-0.2, -0.15) is 5.26 Å². The van der Waals surface area contributed by atoms with Gasteiger partial charge in [0, 0.05) is 28.8 Å². The third kappa shape index (κ3) is 4.99. The van der Waals surface area contributed by atoms with Crippen LogP contribution in [-0.4, -0.2) is 15.6 Å². The number of aromatic carboxylic acids is 1. The molecule has 0 aliphatic carbocycles. The van der Waals surface area contributed by atoms with E-state index in [1.807, 2.05) is 62.4 Å². The van der Waals surface area contributed by atoms with Crippen LogP contribution >= 0.6 is 0 Å². The fourth-order valence-corrected chi connectivity index (χ4v) is 5.00. The number of nitrogens with zero attached hydrogens (tertiary/aromatic N) is 2. The minimum atomic E-state index is -1.01. The molecule has 1 heterocycles. The lowest BCUT2D eigenvalue weighted by Crippen LogP contribution is -2.21. The van der Waals surface area contributed by atoms with Gasteiger partial charge in [0.2, 0.25) is 0 Å². The maximum absolute atomic E-state index is 14.0. The lowest BCUT2D eigenvalue weighted by atomic mass is 9.81. The highest BCUT2D eigenvalue weighted by Crippen LogP contribution is 2.47. The summed E-state index contributed by atoms with van der Waals surface area (Å²) in [7, 11) is 0. The van der Waals surface area contributed by atoms with E-state index < -0.39 is 11.4 Å². The summed E-state index contributed by atoms with van der Waals surface area (Å²) in [6.45, 7) is 4.37. The number of hydrogen-bond acceptors (Lipinski definition) is 3. The van der Waals surface area contributed by atoms with Crippen LogP contribution < -0.4 is 4.74 Å². The number of rotatable bonds is 8. The largest absolute Gasteiger partial charge is 0.488 e. The van der Waals surface area contributed by atoms with Crippen LogP contribution in [-0.2, 0) is 12.0 Å². The predicted molar refractivity (Wildman–Crippen MR) is 150 cm³/mol. The molecule has 0 unspecified atom stereocenters. The van der Waals surface area contributed by atoms with Crippen molar-refractivity contribution in [3.8, 4) is 28.6 Å². The van der Waals surface area contributed by atoms with Crippen LogP contribution in [0.25, 0.3) is 27.7 Å². The van der Waals surface area contributed by atoms with Crippen LogP contribution in [0.4, 0.5) is 4.39 Å². The molecule has 0 bridgehead atoms. The standard InChI is InChI=1S/C33H27FN2O3/c1-33(2,19-20-35)31-29(23-11-13-24(14-12-23)32(37)38)30-27(36(31)26-17-15-25(34)16-18-26)9-6-10-28(30)39-21-22-7-4-3-5-8-22/h3-18H,19,21H2,1-2H3,(H,37,38). The third-order valence-corrected chi connectivity index (χ3v) is 6.86. The topological polar surface area (TPSA) is 75.2 Å². The van der Waals surface area contributed by atoms with Gasteiger partial charge in [-0.3, -0.25) is 0 Å². The Balaban J connectivity index is 1.84. The zero-order valence-electron chi connectivity index (χ0n) is 21.7. The molecule has 5 nitrogen and oxygen atoms in total. The number of fused-ring (bicyclic) bond motifs is 1. The van der Waals surface area contributed by atoms with Crippen LogP contribution in [0.15, 0.2) is 97.1 Å². The van der Waals surface area contributed by atoms with Gasteiger partial charge < -0.3 is 14.4 Å². The van der Waals surface area contributed by atoms with Gasteiger partial charge in [-0.1, -0.05) is 62.4 Å². The predicted octanol–water partition coefficient (Wildman–Crippen LogP) is 7.91. The molecule has 0 saturated heterocycles. The van der Waals surface area contributed by atoms with Gasteiger partial charge in [0.15, 0.2) is 0 Å². The van der Waals surface area contributed by atoms with Gasteiger partial charge in [0.1, 0.15) is 18.2 Å². The fraction of sp³-hybridized carbons (Fsp3) is 0.152. The van der Waals surface area contributed by atoms with Gasteiger partial charge in [0.25, 0.3) is 0 Å². The molecule has 0 spiro atoms. The summed E-state index contributed by atoms with van der Waals surface area (Å²) in [6, 6.07) is 31.0. The molecule has 0 fully saturated rings. The van der Waals surface area contributed by atoms with Crippen LogP contribution in [0.5, 0.6) is 5.75 Å². The Hall–Kier alpha value is -4.89. The molecule has 0 atom stereocenters. The van der Waals surface area contributed by atoms with Crippen molar-refractivity contribution in [3.05, 3.63) is 120 Å². The van der Waals surface area contributed by atoms with Crippen molar-refractivity contribution in [1.29, 1.82) is 5.26 Å². The monoisotopic (exact) mass is 518 g/mol. The highest BCUT2D eigenvalue weighted by Gasteiger charge is 2.33. The van der Waals surface area contributed by atoms with Crippen molar-refractivity contribution in [2.75, 3.05) is 0 Å². The molecule has 4 aromatic carbocycles. The van der Waals surface area contributed by atoms with E-state index in [4.69, 9.17) is 4.74 Å². The lowest BCUT2D eigenvalue weighted by Gasteiger charge is -2.26. The number of carboxylic acid groups (broad SMARTS) is 1. The van der Waals surface area contributed by atoms with Crippen molar-refractivity contribution in [2.45, 2.75) is 32.3 Å². The number of ether oxygens (including phenoxy) is 1. The van der Waals surface area contributed by atoms with E-state index in [9.17, 15) is 19.6 Å². The normalized spacial score (nSPS) is 11.3. The van der Waals surface area contributed by atoms with E-state index in [-0.39, 0.29) is 17.8 Å². The Bertz CT molecular complexity index is 1680. The van der Waals surface area contributed by atoms with E-state index >= 15 is 0 Å². The smallest absolute Gasteiger partial charge is 0.335 e. The first-order chi connectivity index (χ1) is 18.8. The van der Waals surface area contributed by atoms with Gasteiger partial charge in [-0.05, 0) is 59.7 Å². The number of benzene rings is 4. The van der Waals surface area contributed by atoms with Crippen molar-refractivity contribution < 1.29 is 19.0 Å². The summed E-state index contributed by atoms with van der Waals surface area (Å²) in [5.74, 6) is -0.694. The van der Waals surface area contributed by atoms with E-state index in [1.54, 1.807) is 36.4 Å². The second-order valence-corrected chi connectivity index (χ2v) is 10.1. The molecule has 1 N–H and O–H groups in total. The summed E-state index contributed by atoms with van der Waals surface area (Å²) >= 11 is 0. The minimum Gasteiger partial charge on any atom is -0.488 e. The molecule has 194 valence electrons. The van der Waals surface area contributed by atoms with E-state index in [0.29, 0.717) is 12.4 Å². The summed E-state index contributed by atoms with van der Waals surface area (Å²) in [5, 5.41) is 20.1. The Morgan fingerprint density at radius 3 is 2.28 bits per heavy atom. The molecule has 1 aromatic heterocycles. The number of carboxylic acids is 1. The molecule has 39 heavy (non-hydrogen) atoms. The number of carbonyl (C=O) groups is 1. The van der Waals surface area contributed by atoms with Gasteiger partial charge in [0.05, 0.1) is 22.5 Å². The molecule has 0 aliphatic heterocycles. The van der Waals surface area contributed by atoms with E-state index in [2.05, 4.69) is 10.6 Å². The first kappa shape index (κ1) is 25.7. The third-order valence-electron chi connectivity index (χ3n) is 6.86. The molecular weight excluding hydrogens is 491 g/mol. The molecule has 5 rings (SSSR count). The van der Waals surface area contributed by atoms with E-state index in [1.165, 1.54) is 12.1 Å². The minimum absolute atomic E-state index is 0.180. The zero-order chi connectivity index (χ0) is 27.6. The van der Waals surface area contributed by atoms with Crippen molar-refractivity contribution in [2.24, 2.45) is 0 Å². The van der Waals surface area contributed by atoms with Crippen LogP contribution in [0, 0.1) is 17.1 Å². The number of halogens is 1. The maximum Gasteiger partial charge on any atom is 0.335 e. The average Bonchev–Trinajstić information content (AvgIpc) is 3.30. The fourth-order valence-electron chi connectivity index (χ4n) is 5.00. The Morgan fingerprint density at radius 2 is 1.64 bits per heavy atom. The summed E-state index contributed by atoms with van der Waals surface area (Å²) in [4.78, 5) is 11.6. The average molecular weight is 519 g/mol.